The number of fused-ring (bicyclic) bond motifs is 1. The first kappa shape index (κ1) is 11.3. The van der Waals surface area contributed by atoms with E-state index in [0.717, 1.165) is 36.5 Å². The number of benzene rings is 1. The van der Waals surface area contributed by atoms with Crippen LogP contribution in [0.4, 0.5) is 5.82 Å². The van der Waals surface area contributed by atoms with Crippen LogP contribution in [0.3, 0.4) is 0 Å². The molecule has 2 aromatic rings. The van der Waals surface area contributed by atoms with E-state index in [0.29, 0.717) is 6.04 Å². The van der Waals surface area contributed by atoms with E-state index in [1.807, 2.05) is 24.4 Å². The molecule has 94 valence electrons. The zero-order chi connectivity index (χ0) is 12.4. The van der Waals surface area contributed by atoms with Gasteiger partial charge in [0.25, 0.3) is 0 Å². The first-order chi connectivity index (χ1) is 8.86. The van der Waals surface area contributed by atoms with Crippen LogP contribution in [0.15, 0.2) is 30.5 Å². The molecule has 18 heavy (non-hydrogen) atoms. The molecule has 3 rings (SSSR count). The van der Waals surface area contributed by atoms with Crippen LogP contribution in [-0.4, -0.2) is 31.2 Å². The minimum absolute atomic E-state index is 0.467. The van der Waals surface area contributed by atoms with Crippen LogP contribution in [0, 0.1) is 0 Å². The lowest BCUT2D eigenvalue weighted by Gasteiger charge is -2.14. The average molecular weight is 243 g/mol. The molecule has 1 fully saturated rings. The second-order valence-electron chi connectivity index (χ2n) is 4.58. The standard InChI is InChI=1S/C14H17N3O/c1-18-12-3-2-10-4-7-16-14(13(10)8-12)17-11-5-6-15-9-11/h2-4,7-8,11,15H,5-6,9H2,1H3,(H,16,17). The highest BCUT2D eigenvalue weighted by molar-refractivity contribution is 5.92. The van der Waals surface area contributed by atoms with E-state index in [1.165, 1.54) is 5.39 Å². The number of nitrogens with zero attached hydrogens (tertiary/aromatic N) is 1. The van der Waals surface area contributed by atoms with Gasteiger partial charge in [-0.15, -0.1) is 0 Å². The fraction of sp³-hybridized carbons (Fsp3) is 0.357. The third kappa shape index (κ3) is 2.11. The Morgan fingerprint density at radius 1 is 1.39 bits per heavy atom. The van der Waals surface area contributed by atoms with Gasteiger partial charge >= 0.3 is 0 Å². The van der Waals surface area contributed by atoms with Gasteiger partial charge in [0.05, 0.1) is 7.11 Å². The molecule has 1 aliphatic heterocycles. The molecule has 1 atom stereocenters. The summed E-state index contributed by atoms with van der Waals surface area (Å²) in [6, 6.07) is 8.56. The largest absolute Gasteiger partial charge is 0.497 e. The van der Waals surface area contributed by atoms with Crippen LogP contribution in [0.1, 0.15) is 6.42 Å². The van der Waals surface area contributed by atoms with Gasteiger partial charge in [-0.3, -0.25) is 0 Å². The van der Waals surface area contributed by atoms with Crippen LogP contribution < -0.4 is 15.4 Å². The Morgan fingerprint density at radius 3 is 3.11 bits per heavy atom. The third-order valence-electron chi connectivity index (χ3n) is 3.37. The number of rotatable bonds is 3. The molecule has 1 aliphatic rings. The van der Waals surface area contributed by atoms with Gasteiger partial charge in [-0.1, -0.05) is 6.07 Å². The fourth-order valence-electron chi connectivity index (χ4n) is 2.36. The predicted molar refractivity (Wildman–Crippen MR) is 73.2 cm³/mol. The van der Waals surface area contributed by atoms with Crippen molar-refractivity contribution in [1.29, 1.82) is 0 Å². The molecule has 0 spiro atoms. The van der Waals surface area contributed by atoms with E-state index in [1.54, 1.807) is 7.11 Å². The maximum atomic E-state index is 5.28. The van der Waals surface area contributed by atoms with Gasteiger partial charge < -0.3 is 15.4 Å². The van der Waals surface area contributed by atoms with Crippen molar-refractivity contribution in [3.8, 4) is 5.75 Å². The molecule has 4 nitrogen and oxygen atoms in total. The Labute approximate surface area is 106 Å². The second-order valence-corrected chi connectivity index (χ2v) is 4.58. The number of hydrogen-bond acceptors (Lipinski definition) is 4. The summed E-state index contributed by atoms with van der Waals surface area (Å²) in [5.74, 6) is 1.81. The van der Waals surface area contributed by atoms with Crippen molar-refractivity contribution in [2.75, 3.05) is 25.5 Å². The minimum Gasteiger partial charge on any atom is -0.497 e. The van der Waals surface area contributed by atoms with Gasteiger partial charge in [0.1, 0.15) is 11.6 Å². The Bertz CT molecular complexity index is 550. The first-order valence-corrected chi connectivity index (χ1v) is 6.27. The van der Waals surface area contributed by atoms with E-state index >= 15 is 0 Å². The lowest BCUT2D eigenvalue weighted by atomic mass is 10.1. The van der Waals surface area contributed by atoms with Gasteiger partial charge in [-0.25, -0.2) is 4.98 Å². The topological polar surface area (TPSA) is 46.2 Å². The molecule has 0 bridgehead atoms. The lowest BCUT2D eigenvalue weighted by molar-refractivity contribution is 0.415. The zero-order valence-corrected chi connectivity index (χ0v) is 10.4. The first-order valence-electron chi connectivity index (χ1n) is 6.27. The highest BCUT2D eigenvalue weighted by atomic mass is 16.5. The van der Waals surface area contributed by atoms with E-state index in [4.69, 9.17) is 4.74 Å². The van der Waals surface area contributed by atoms with Crippen molar-refractivity contribution < 1.29 is 4.74 Å². The summed E-state index contributed by atoms with van der Waals surface area (Å²) < 4.78 is 5.28. The summed E-state index contributed by atoms with van der Waals surface area (Å²) in [4.78, 5) is 4.45. The smallest absolute Gasteiger partial charge is 0.134 e. The molecule has 1 unspecified atom stereocenters. The van der Waals surface area contributed by atoms with Crippen molar-refractivity contribution in [1.82, 2.24) is 10.3 Å². The quantitative estimate of drug-likeness (QED) is 0.865. The monoisotopic (exact) mass is 243 g/mol. The minimum atomic E-state index is 0.467. The van der Waals surface area contributed by atoms with Gasteiger partial charge in [0, 0.05) is 24.2 Å². The van der Waals surface area contributed by atoms with Crippen LogP contribution in [-0.2, 0) is 0 Å². The Hall–Kier alpha value is -1.81. The molecule has 1 aromatic carbocycles. The Balaban J connectivity index is 1.98. The van der Waals surface area contributed by atoms with Gasteiger partial charge in [-0.05, 0) is 36.6 Å². The summed E-state index contributed by atoms with van der Waals surface area (Å²) in [5, 5.41) is 9.15. The number of anilines is 1. The van der Waals surface area contributed by atoms with Crippen LogP contribution in [0.2, 0.25) is 0 Å². The maximum absolute atomic E-state index is 5.28. The van der Waals surface area contributed by atoms with Crippen molar-refractivity contribution in [2.24, 2.45) is 0 Å². The molecule has 0 radical (unpaired) electrons. The molecule has 4 heteroatoms. The SMILES string of the molecule is COc1ccc2ccnc(NC3CCNC3)c2c1. The molecule has 2 heterocycles. The zero-order valence-electron chi connectivity index (χ0n) is 10.4. The summed E-state index contributed by atoms with van der Waals surface area (Å²) in [5.41, 5.74) is 0. The van der Waals surface area contributed by atoms with Crippen molar-refractivity contribution in [2.45, 2.75) is 12.5 Å². The molecule has 0 saturated carbocycles. The van der Waals surface area contributed by atoms with Crippen molar-refractivity contribution >= 4 is 16.6 Å². The second kappa shape index (κ2) is 4.82. The predicted octanol–water partition coefficient (Wildman–Crippen LogP) is 2.02. The third-order valence-corrected chi connectivity index (χ3v) is 3.37. The number of methoxy groups -OCH3 is 1. The van der Waals surface area contributed by atoms with Crippen molar-refractivity contribution in [3.05, 3.63) is 30.5 Å². The average Bonchev–Trinajstić information content (AvgIpc) is 2.91. The van der Waals surface area contributed by atoms with E-state index in [9.17, 15) is 0 Å². The molecule has 0 amide bonds. The Kier molecular flexibility index (Phi) is 3.02. The van der Waals surface area contributed by atoms with Gasteiger partial charge in [0.2, 0.25) is 0 Å². The lowest BCUT2D eigenvalue weighted by Crippen LogP contribution is -2.22. The highest BCUT2D eigenvalue weighted by Crippen LogP contribution is 2.26. The summed E-state index contributed by atoms with van der Waals surface area (Å²) in [6.45, 7) is 2.08. The number of nitrogens with one attached hydrogen (secondary N) is 2. The molecule has 1 aromatic heterocycles. The number of ether oxygens (including phenoxy) is 1. The summed E-state index contributed by atoms with van der Waals surface area (Å²) in [7, 11) is 1.69. The molecule has 1 saturated heterocycles. The van der Waals surface area contributed by atoms with E-state index in [2.05, 4.69) is 21.7 Å². The fourth-order valence-corrected chi connectivity index (χ4v) is 2.36. The highest BCUT2D eigenvalue weighted by Gasteiger charge is 2.15. The molecular formula is C14H17N3O. The van der Waals surface area contributed by atoms with Crippen LogP contribution >= 0.6 is 0 Å². The number of hydrogen-bond donors (Lipinski definition) is 2. The molecule has 0 aliphatic carbocycles. The van der Waals surface area contributed by atoms with Crippen LogP contribution in [0.5, 0.6) is 5.75 Å². The summed E-state index contributed by atoms with van der Waals surface area (Å²) in [6.07, 6.45) is 2.99. The van der Waals surface area contributed by atoms with Gasteiger partial charge in [0.15, 0.2) is 0 Å². The van der Waals surface area contributed by atoms with Crippen molar-refractivity contribution in [3.63, 3.8) is 0 Å². The molecule has 2 N–H and O–H groups in total. The molecular weight excluding hydrogens is 226 g/mol. The Morgan fingerprint density at radius 2 is 2.33 bits per heavy atom. The summed E-state index contributed by atoms with van der Waals surface area (Å²) >= 11 is 0. The van der Waals surface area contributed by atoms with E-state index in [-0.39, 0.29) is 0 Å². The van der Waals surface area contributed by atoms with Crippen LogP contribution in [0.25, 0.3) is 10.8 Å². The number of pyridine rings is 1. The van der Waals surface area contributed by atoms with E-state index < -0.39 is 0 Å². The number of aromatic nitrogens is 1. The van der Waals surface area contributed by atoms with Gasteiger partial charge in [-0.2, -0.15) is 0 Å². The normalized spacial score (nSPS) is 19.1. The maximum Gasteiger partial charge on any atom is 0.134 e.